The Kier molecular flexibility index (Phi) is 36.9. The fourth-order valence-corrected chi connectivity index (χ4v) is 3.25. The van der Waals surface area contributed by atoms with E-state index in [1.165, 1.54) is 78.3 Å². The number of hydrogen-bond donors (Lipinski definition) is 3. The van der Waals surface area contributed by atoms with Crippen LogP contribution in [0.5, 0.6) is 0 Å². The maximum Gasteiger partial charge on any atom is 0.397 e. The average Bonchev–Trinajstić information content (AvgIpc) is 2.72. The molecule has 0 aromatic rings. The van der Waals surface area contributed by atoms with Gasteiger partial charge in [-0.05, 0) is 33.6 Å². The van der Waals surface area contributed by atoms with Gasteiger partial charge in [0.25, 0.3) is 0 Å². The lowest BCUT2D eigenvalue weighted by Crippen LogP contribution is -2.39. The van der Waals surface area contributed by atoms with Crippen molar-refractivity contribution >= 4 is 26.7 Å². The number of carbonyl (C=O) groups is 1. The monoisotopic (exact) mass is 583 g/mol. The van der Waals surface area contributed by atoms with Gasteiger partial charge in [0.2, 0.25) is 16.3 Å². The van der Waals surface area contributed by atoms with Crippen LogP contribution < -0.4 is 11.9 Å². The minimum Gasteiger partial charge on any atom is -0.726 e. The van der Waals surface area contributed by atoms with E-state index in [0.29, 0.717) is 6.42 Å². The molecule has 12 nitrogen and oxygen atoms in total. The van der Waals surface area contributed by atoms with Gasteiger partial charge in [0, 0.05) is 6.42 Å². The number of amides is 1. The van der Waals surface area contributed by atoms with E-state index in [2.05, 4.69) is 43.2 Å². The van der Waals surface area contributed by atoms with Crippen LogP contribution in [0, 0.1) is 0 Å². The van der Waals surface area contributed by atoms with Crippen molar-refractivity contribution in [1.82, 2.24) is 6.15 Å². The third-order valence-corrected chi connectivity index (χ3v) is 5.80. The van der Waals surface area contributed by atoms with Gasteiger partial charge >= 0.3 is 10.4 Å². The summed E-state index contributed by atoms with van der Waals surface area (Å²) in [4.78, 5) is 10.4. The van der Waals surface area contributed by atoms with Crippen molar-refractivity contribution in [2.75, 3.05) is 40.4 Å². The van der Waals surface area contributed by atoms with E-state index in [-0.39, 0.29) is 25.3 Å². The minimum absolute atomic E-state index is 0. The first-order valence-electron chi connectivity index (χ1n) is 12.8. The highest BCUT2D eigenvalue weighted by atomic mass is 32.3. The van der Waals surface area contributed by atoms with Gasteiger partial charge < -0.3 is 20.9 Å². The van der Waals surface area contributed by atoms with Crippen LogP contribution >= 0.6 is 0 Å². The quantitative estimate of drug-likeness (QED) is 0.0953. The predicted molar refractivity (Wildman–Crippen MR) is 148 cm³/mol. The first-order valence-corrected chi connectivity index (χ1v) is 15.5. The molecule has 0 fully saturated rings. The molecule has 0 aliphatic carbocycles. The molecule has 0 aromatic carbocycles. The van der Waals surface area contributed by atoms with Crippen LogP contribution in [0.4, 0.5) is 0 Å². The average molecular weight is 584 g/mol. The largest absolute Gasteiger partial charge is 0.726 e. The van der Waals surface area contributed by atoms with E-state index in [1.54, 1.807) is 0 Å². The Morgan fingerprint density at radius 3 is 1.38 bits per heavy atom. The topological polar surface area (TPSA) is 208 Å². The molecular formula is C23H57N3O9S2. The minimum atomic E-state index is -4.42. The van der Waals surface area contributed by atoms with Crippen LogP contribution in [-0.2, 0) is 34.0 Å². The number of nitrogens with zero attached hydrogens (tertiary/aromatic N) is 1. The second-order valence-corrected chi connectivity index (χ2v) is 10.8. The molecule has 37 heavy (non-hydrogen) atoms. The summed E-state index contributed by atoms with van der Waals surface area (Å²) in [6.07, 6.45) is 13.4. The number of carbonyl (C=O) groups excluding carboxylic acids is 1. The zero-order valence-corrected chi connectivity index (χ0v) is 26.0. The van der Waals surface area contributed by atoms with Gasteiger partial charge in [-0.3, -0.25) is 13.5 Å². The number of primary amides is 1. The van der Waals surface area contributed by atoms with Gasteiger partial charge in [-0.2, -0.15) is 8.42 Å². The van der Waals surface area contributed by atoms with Crippen LogP contribution in [0.25, 0.3) is 0 Å². The van der Waals surface area contributed by atoms with Crippen LogP contribution in [0.3, 0.4) is 0 Å². The van der Waals surface area contributed by atoms with E-state index in [1.807, 2.05) is 0 Å². The van der Waals surface area contributed by atoms with E-state index < -0.39 is 20.8 Å². The first kappa shape index (κ1) is 46.0. The van der Waals surface area contributed by atoms with E-state index in [4.69, 9.17) is 10.3 Å². The standard InChI is InChI=1S/C12H25NO.C7H18N.2C2H6O4S.H3N/c1-2-3-4-5-6-7-8-9-10-11-12(13)14;1-5-7-8(3,4)6-2;2*1-2-6-7(3,4)5;/h2-11H2,1H3,(H2,13,14);5-7H2,1-4H3;2*2H2,1H3,(H,3,4,5);1H3/q;+1;;;/p-1. The van der Waals surface area contributed by atoms with Gasteiger partial charge in [-0.15, -0.1) is 0 Å². The van der Waals surface area contributed by atoms with E-state index >= 15 is 0 Å². The van der Waals surface area contributed by atoms with Crippen LogP contribution in [0.2, 0.25) is 0 Å². The van der Waals surface area contributed by atoms with Gasteiger partial charge in [-0.1, -0.05) is 65.2 Å². The van der Waals surface area contributed by atoms with Crippen LogP contribution in [0.15, 0.2) is 0 Å². The number of unbranched alkanes of at least 4 members (excludes halogenated alkanes) is 8. The second kappa shape index (κ2) is 29.7. The maximum atomic E-state index is 10.4. The molecule has 0 radical (unpaired) electrons. The summed E-state index contributed by atoms with van der Waals surface area (Å²) in [5.74, 6) is -0.159. The lowest BCUT2D eigenvalue weighted by molar-refractivity contribution is -0.888. The molecule has 0 saturated carbocycles. The SMILES string of the molecule is CCCCCCCCCCCC(N)=O.CCC[N+](C)(C)CC.CCOS(=O)(=O)O.CCOS(=O)(=O)[O-].N. The smallest absolute Gasteiger partial charge is 0.397 e. The van der Waals surface area contributed by atoms with Gasteiger partial charge in [-0.25, -0.2) is 12.6 Å². The normalized spacial score (nSPS) is 10.9. The highest BCUT2D eigenvalue weighted by molar-refractivity contribution is 7.81. The molecular weight excluding hydrogens is 526 g/mol. The molecule has 230 valence electrons. The van der Waals surface area contributed by atoms with Crippen molar-refractivity contribution < 1.29 is 43.6 Å². The molecule has 14 heteroatoms. The molecule has 0 spiro atoms. The lowest BCUT2D eigenvalue weighted by Gasteiger charge is -2.27. The van der Waals surface area contributed by atoms with E-state index in [0.717, 1.165) is 17.3 Å². The molecule has 6 N–H and O–H groups in total. The number of quaternary nitrogens is 1. The first-order chi connectivity index (χ1) is 16.5. The molecule has 0 aliphatic heterocycles. The molecule has 0 aromatic heterocycles. The van der Waals surface area contributed by atoms with Crippen molar-refractivity contribution in [3.63, 3.8) is 0 Å². The highest BCUT2D eigenvalue weighted by Crippen LogP contribution is 2.10. The summed E-state index contributed by atoms with van der Waals surface area (Å²) < 4.78 is 63.8. The molecule has 0 unspecified atom stereocenters. The third-order valence-electron chi connectivity index (χ3n) is 4.74. The lowest BCUT2D eigenvalue weighted by atomic mass is 10.1. The van der Waals surface area contributed by atoms with Crippen LogP contribution in [0.1, 0.15) is 105 Å². The van der Waals surface area contributed by atoms with Crippen molar-refractivity contribution in [2.45, 2.75) is 105 Å². The maximum absolute atomic E-state index is 10.4. The summed E-state index contributed by atoms with van der Waals surface area (Å²) >= 11 is 0. The van der Waals surface area contributed by atoms with E-state index in [9.17, 15) is 26.2 Å². The number of rotatable bonds is 17. The Morgan fingerprint density at radius 1 is 0.784 bits per heavy atom. The Hall–Kier alpha value is -0.870. The molecule has 0 aliphatic rings. The summed E-state index contributed by atoms with van der Waals surface area (Å²) in [5.41, 5.74) is 5.05. The van der Waals surface area contributed by atoms with Crippen LogP contribution in [-0.4, -0.2) is 76.7 Å². The Labute approximate surface area is 227 Å². The zero-order chi connectivity index (χ0) is 29.1. The Morgan fingerprint density at radius 2 is 1.19 bits per heavy atom. The fourth-order valence-electron chi connectivity index (χ4n) is 2.67. The summed E-state index contributed by atoms with van der Waals surface area (Å²) in [5, 5.41) is 0. The number of hydrogen-bond acceptors (Lipinski definition) is 9. The second-order valence-electron chi connectivity index (χ2n) is 8.67. The Balaban J connectivity index is -0.000000129. The summed E-state index contributed by atoms with van der Waals surface area (Å²) in [6, 6.07) is 0. The predicted octanol–water partition coefficient (Wildman–Crippen LogP) is 4.36. The summed E-state index contributed by atoms with van der Waals surface area (Å²) in [6.45, 7) is 12.0. The van der Waals surface area contributed by atoms with Gasteiger partial charge in [0.15, 0.2) is 0 Å². The molecule has 0 heterocycles. The third kappa shape index (κ3) is 61.1. The fraction of sp³-hybridized carbons (Fsp3) is 0.957. The van der Waals surface area contributed by atoms with Crippen molar-refractivity contribution in [3.05, 3.63) is 0 Å². The van der Waals surface area contributed by atoms with Gasteiger partial charge in [0.1, 0.15) is 0 Å². The molecule has 0 saturated heterocycles. The molecule has 0 rings (SSSR count). The van der Waals surface area contributed by atoms with Gasteiger partial charge in [0.05, 0.1) is 40.4 Å². The number of nitrogens with two attached hydrogens (primary N) is 1. The van der Waals surface area contributed by atoms with Crippen molar-refractivity contribution in [1.29, 1.82) is 0 Å². The molecule has 1 amide bonds. The molecule has 0 bridgehead atoms. The van der Waals surface area contributed by atoms with Crippen molar-refractivity contribution in [3.8, 4) is 0 Å². The molecule has 0 atom stereocenters. The highest BCUT2D eigenvalue weighted by Gasteiger charge is 2.07. The Bertz CT molecular complexity index is 654. The summed E-state index contributed by atoms with van der Waals surface area (Å²) in [7, 11) is -4.06. The zero-order valence-electron chi connectivity index (χ0n) is 24.4. The van der Waals surface area contributed by atoms with Crippen molar-refractivity contribution in [2.24, 2.45) is 5.73 Å².